The van der Waals surface area contributed by atoms with Gasteiger partial charge in [0.2, 0.25) is 0 Å². The Morgan fingerprint density at radius 1 is 1.44 bits per heavy atom. The van der Waals surface area contributed by atoms with E-state index in [2.05, 4.69) is 5.32 Å². The smallest absolute Gasteiger partial charge is 0.0876 e. The summed E-state index contributed by atoms with van der Waals surface area (Å²) in [5, 5.41) is 3.30. The molecule has 0 aliphatic carbocycles. The summed E-state index contributed by atoms with van der Waals surface area (Å²) in [5.74, 6) is 0. The van der Waals surface area contributed by atoms with Crippen molar-refractivity contribution in [2.45, 2.75) is 25.3 Å². The van der Waals surface area contributed by atoms with Crippen molar-refractivity contribution in [2.24, 2.45) is 0 Å². The minimum absolute atomic E-state index is 0.378. The summed E-state index contributed by atoms with van der Waals surface area (Å²) in [6.07, 6.45) is 5.13. The highest BCUT2D eigenvalue weighted by molar-refractivity contribution is 5.09. The fourth-order valence-corrected chi connectivity index (χ4v) is 1.80. The SMILES string of the molecule is CNC(CCOCCOC)C1=COCCC1. The summed E-state index contributed by atoms with van der Waals surface area (Å²) in [6.45, 7) is 2.94. The molecule has 1 unspecified atom stereocenters. The van der Waals surface area contributed by atoms with Gasteiger partial charge in [0.05, 0.1) is 26.1 Å². The third kappa shape index (κ3) is 4.96. The van der Waals surface area contributed by atoms with Crippen LogP contribution in [0.15, 0.2) is 11.8 Å². The van der Waals surface area contributed by atoms with Crippen LogP contribution in [0.1, 0.15) is 19.3 Å². The quantitative estimate of drug-likeness (QED) is 0.637. The van der Waals surface area contributed by atoms with Crippen LogP contribution in [0.2, 0.25) is 0 Å². The van der Waals surface area contributed by atoms with Gasteiger partial charge in [0.1, 0.15) is 0 Å². The molecule has 1 atom stereocenters. The monoisotopic (exact) mass is 229 g/mol. The second kappa shape index (κ2) is 8.56. The molecule has 1 heterocycles. The normalized spacial score (nSPS) is 17.8. The van der Waals surface area contributed by atoms with Crippen molar-refractivity contribution < 1.29 is 14.2 Å². The first-order valence-electron chi connectivity index (χ1n) is 5.93. The van der Waals surface area contributed by atoms with Crippen LogP contribution >= 0.6 is 0 Å². The number of methoxy groups -OCH3 is 1. The van der Waals surface area contributed by atoms with Crippen LogP contribution in [-0.4, -0.2) is 46.6 Å². The molecule has 0 aromatic rings. The Labute approximate surface area is 97.9 Å². The molecule has 0 aromatic carbocycles. The van der Waals surface area contributed by atoms with Gasteiger partial charge in [0.15, 0.2) is 0 Å². The molecule has 94 valence electrons. The van der Waals surface area contributed by atoms with E-state index < -0.39 is 0 Å². The highest BCUT2D eigenvalue weighted by Crippen LogP contribution is 2.17. The van der Waals surface area contributed by atoms with E-state index in [1.165, 1.54) is 5.57 Å². The lowest BCUT2D eigenvalue weighted by molar-refractivity contribution is 0.0668. The van der Waals surface area contributed by atoms with E-state index in [1.54, 1.807) is 7.11 Å². The molecule has 0 saturated heterocycles. The number of hydrogen-bond acceptors (Lipinski definition) is 4. The Balaban J connectivity index is 2.18. The molecular formula is C12H23NO3. The molecule has 0 amide bonds. The molecule has 0 aromatic heterocycles. The Morgan fingerprint density at radius 3 is 2.94 bits per heavy atom. The van der Waals surface area contributed by atoms with E-state index >= 15 is 0 Å². The van der Waals surface area contributed by atoms with Crippen molar-refractivity contribution in [3.8, 4) is 0 Å². The minimum atomic E-state index is 0.378. The van der Waals surface area contributed by atoms with Gasteiger partial charge in [-0.05, 0) is 31.9 Å². The topological polar surface area (TPSA) is 39.7 Å². The molecule has 0 fully saturated rings. The summed E-state index contributed by atoms with van der Waals surface area (Å²) in [5.41, 5.74) is 1.35. The van der Waals surface area contributed by atoms with Gasteiger partial charge in [-0.3, -0.25) is 0 Å². The number of likely N-dealkylation sites (N-methyl/N-ethyl adjacent to an activating group) is 1. The number of ether oxygens (including phenoxy) is 3. The van der Waals surface area contributed by atoms with Crippen molar-refractivity contribution >= 4 is 0 Å². The fraction of sp³-hybridized carbons (Fsp3) is 0.833. The maximum Gasteiger partial charge on any atom is 0.0876 e. The molecule has 4 heteroatoms. The van der Waals surface area contributed by atoms with E-state index in [4.69, 9.17) is 14.2 Å². The zero-order valence-corrected chi connectivity index (χ0v) is 10.3. The van der Waals surface area contributed by atoms with Crippen LogP contribution in [0, 0.1) is 0 Å². The third-order valence-electron chi connectivity index (χ3n) is 2.74. The Morgan fingerprint density at radius 2 is 2.31 bits per heavy atom. The summed E-state index contributed by atoms with van der Waals surface area (Å²) in [7, 11) is 3.67. The lowest BCUT2D eigenvalue weighted by Gasteiger charge is -2.22. The van der Waals surface area contributed by atoms with Crippen LogP contribution < -0.4 is 5.32 Å². The van der Waals surface area contributed by atoms with Crippen LogP contribution in [0.5, 0.6) is 0 Å². The lowest BCUT2D eigenvalue weighted by atomic mass is 10.00. The van der Waals surface area contributed by atoms with Crippen LogP contribution in [-0.2, 0) is 14.2 Å². The van der Waals surface area contributed by atoms with Crippen molar-refractivity contribution in [3.63, 3.8) is 0 Å². The summed E-state index contributed by atoms with van der Waals surface area (Å²) >= 11 is 0. The summed E-state index contributed by atoms with van der Waals surface area (Å²) in [6, 6.07) is 0.378. The maximum absolute atomic E-state index is 5.46. The van der Waals surface area contributed by atoms with Gasteiger partial charge < -0.3 is 19.5 Å². The van der Waals surface area contributed by atoms with Gasteiger partial charge in [-0.25, -0.2) is 0 Å². The average molecular weight is 229 g/mol. The van der Waals surface area contributed by atoms with E-state index in [0.29, 0.717) is 19.3 Å². The molecular weight excluding hydrogens is 206 g/mol. The van der Waals surface area contributed by atoms with E-state index in [0.717, 1.165) is 32.5 Å². The van der Waals surface area contributed by atoms with Crippen molar-refractivity contribution in [3.05, 3.63) is 11.8 Å². The van der Waals surface area contributed by atoms with Gasteiger partial charge in [-0.2, -0.15) is 0 Å². The molecule has 0 spiro atoms. The molecule has 0 saturated carbocycles. The largest absolute Gasteiger partial charge is 0.501 e. The first-order chi connectivity index (χ1) is 7.88. The molecule has 1 aliphatic heterocycles. The van der Waals surface area contributed by atoms with Gasteiger partial charge in [-0.1, -0.05) is 0 Å². The van der Waals surface area contributed by atoms with Crippen LogP contribution in [0.25, 0.3) is 0 Å². The Bertz CT molecular complexity index is 206. The Kier molecular flexibility index (Phi) is 7.21. The van der Waals surface area contributed by atoms with E-state index in [1.807, 2.05) is 13.3 Å². The highest BCUT2D eigenvalue weighted by Gasteiger charge is 2.14. The molecule has 0 bridgehead atoms. The molecule has 1 aliphatic rings. The van der Waals surface area contributed by atoms with Gasteiger partial charge in [0.25, 0.3) is 0 Å². The molecule has 1 rings (SSSR count). The standard InChI is InChI=1S/C12H23NO3/c1-13-12(5-7-15-9-8-14-2)11-4-3-6-16-10-11/h10,12-13H,3-9H2,1-2H3. The summed E-state index contributed by atoms with van der Waals surface area (Å²) < 4.78 is 15.7. The predicted octanol–water partition coefficient (Wildman–Crippen LogP) is 1.32. The zero-order chi connectivity index (χ0) is 11.6. The molecule has 4 nitrogen and oxygen atoms in total. The summed E-state index contributed by atoms with van der Waals surface area (Å²) in [4.78, 5) is 0. The molecule has 0 radical (unpaired) electrons. The number of rotatable bonds is 8. The maximum atomic E-state index is 5.46. The first kappa shape index (κ1) is 13.5. The van der Waals surface area contributed by atoms with Crippen molar-refractivity contribution in [2.75, 3.05) is 40.6 Å². The molecule has 1 N–H and O–H groups in total. The highest BCUT2D eigenvalue weighted by atomic mass is 16.5. The minimum Gasteiger partial charge on any atom is -0.501 e. The number of nitrogens with one attached hydrogen (secondary N) is 1. The second-order valence-electron chi connectivity index (χ2n) is 3.90. The fourth-order valence-electron chi connectivity index (χ4n) is 1.80. The first-order valence-corrected chi connectivity index (χ1v) is 5.93. The third-order valence-corrected chi connectivity index (χ3v) is 2.74. The Hall–Kier alpha value is -0.580. The number of hydrogen-bond donors (Lipinski definition) is 1. The van der Waals surface area contributed by atoms with Crippen molar-refractivity contribution in [1.29, 1.82) is 0 Å². The van der Waals surface area contributed by atoms with Gasteiger partial charge >= 0.3 is 0 Å². The second-order valence-corrected chi connectivity index (χ2v) is 3.90. The van der Waals surface area contributed by atoms with E-state index in [9.17, 15) is 0 Å². The van der Waals surface area contributed by atoms with Crippen LogP contribution in [0.4, 0.5) is 0 Å². The molecule has 16 heavy (non-hydrogen) atoms. The van der Waals surface area contributed by atoms with Gasteiger partial charge in [-0.15, -0.1) is 0 Å². The average Bonchev–Trinajstić information content (AvgIpc) is 2.35. The van der Waals surface area contributed by atoms with Crippen LogP contribution in [0.3, 0.4) is 0 Å². The lowest BCUT2D eigenvalue weighted by Crippen LogP contribution is -2.30. The van der Waals surface area contributed by atoms with E-state index in [-0.39, 0.29) is 0 Å². The van der Waals surface area contributed by atoms with Gasteiger partial charge in [0, 0.05) is 19.8 Å². The zero-order valence-electron chi connectivity index (χ0n) is 10.3. The van der Waals surface area contributed by atoms with Crippen molar-refractivity contribution in [1.82, 2.24) is 5.32 Å². The predicted molar refractivity (Wildman–Crippen MR) is 63.4 cm³/mol.